The van der Waals surface area contributed by atoms with Gasteiger partial charge in [0.2, 0.25) is 10.0 Å². The largest absolute Gasteiger partial charge is 0.273 e. The zero-order valence-electron chi connectivity index (χ0n) is 11.2. The van der Waals surface area contributed by atoms with Crippen molar-refractivity contribution in [3.8, 4) is 0 Å². The lowest BCUT2D eigenvalue weighted by atomic mass is 10.0. The summed E-state index contributed by atoms with van der Waals surface area (Å²) >= 11 is 3.49. The summed E-state index contributed by atoms with van der Waals surface area (Å²) in [5.41, 5.74) is 0.273. The number of halogens is 1. The van der Waals surface area contributed by atoms with Crippen molar-refractivity contribution in [1.29, 1.82) is 0 Å². The summed E-state index contributed by atoms with van der Waals surface area (Å²) < 4.78 is 22.5. The normalized spacial score (nSPS) is 13.4. The molecule has 8 heteroatoms. The lowest BCUT2D eigenvalue weighted by Gasteiger charge is -2.12. The Morgan fingerprint density at radius 1 is 1.40 bits per heavy atom. The molecule has 0 heterocycles. The van der Waals surface area contributed by atoms with E-state index in [-0.39, 0.29) is 15.4 Å². The Balaban J connectivity index is 3.12. The molecule has 0 aliphatic heterocycles. The average Bonchev–Trinajstić information content (AvgIpc) is 2.26. The van der Waals surface area contributed by atoms with Crippen LogP contribution in [-0.4, -0.2) is 18.2 Å². The van der Waals surface area contributed by atoms with Crippen LogP contribution in [0.2, 0.25) is 0 Å². The molecule has 1 unspecified atom stereocenters. The number of hydrogen-bond acceptors (Lipinski definition) is 4. The van der Waals surface area contributed by atoms with Gasteiger partial charge in [-0.2, -0.15) is 0 Å². The molecule has 20 heavy (non-hydrogen) atoms. The van der Waals surface area contributed by atoms with E-state index in [0.29, 0.717) is 17.9 Å². The van der Waals surface area contributed by atoms with Gasteiger partial charge in [-0.1, -0.05) is 35.8 Å². The molecule has 0 radical (unpaired) electrons. The van der Waals surface area contributed by atoms with Crippen LogP contribution >= 0.6 is 15.9 Å². The van der Waals surface area contributed by atoms with E-state index in [4.69, 9.17) is 5.14 Å². The Hall–Kier alpha value is -0.990. The van der Waals surface area contributed by atoms with E-state index in [1.807, 2.05) is 0 Å². The first-order valence-electron chi connectivity index (χ1n) is 6.05. The van der Waals surface area contributed by atoms with Crippen LogP contribution in [0.25, 0.3) is 0 Å². The summed E-state index contributed by atoms with van der Waals surface area (Å²) in [5, 5.41) is 16.0. The molecule has 0 saturated heterocycles. The number of rotatable bonds is 6. The van der Waals surface area contributed by atoms with Gasteiger partial charge in [0.05, 0.1) is 9.82 Å². The zero-order chi connectivity index (χ0) is 15.5. The summed E-state index contributed by atoms with van der Waals surface area (Å²) in [6, 6.07) is 3.76. The van der Waals surface area contributed by atoms with Crippen LogP contribution in [0.3, 0.4) is 0 Å². The second-order valence-electron chi connectivity index (χ2n) is 5.02. The third-order valence-corrected chi connectivity index (χ3v) is 4.36. The highest BCUT2D eigenvalue weighted by atomic mass is 79.9. The fourth-order valence-electron chi connectivity index (χ4n) is 1.90. The monoisotopic (exact) mass is 364 g/mol. The first kappa shape index (κ1) is 17.1. The maximum Gasteiger partial charge on any atom is 0.273 e. The van der Waals surface area contributed by atoms with Crippen molar-refractivity contribution in [2.45, 2.75) is 36.4 Å². The molecular formula is C12H17BrN2O4S. The van der Waals surface area contributed by atoms with Gasteiger partial charge < -0.3 is 0 Å². The molecule has 2 N–H and O–H groups in total. The molecule has 6 nitrogen and oxygen atoms in total. The minimum Gasteiger partial charge on any atom is -0.258 e. The molecular weight excluding hydrogens is 348 g/mol. The van der Waals surface area contributed by atoms with Crippen molar-refractivity contribution in [2.75, 3.05) is 0 Å². The Labute approximate surface area is 126 Å². The second kappa shape index (κ2) is 6.64. The van der Waals surface area contributed by atoms with E-state index in [9.17, 15) is 18.5 Å². The number of hydrogen-bond donors (Lipinski definition) is 1. The predicted molar refractivity (Wildman–Crippen MR) is 80.3 cm³/mol. The SMILES string of the molecule is CC(C)CC(Br)Cc1ccc(S(N)(=O)=O)cc1[N+](=O)[O-]. The smallest absolute Gasteiger partial charge is 0.258 e. The summed E-state index contributed by atoms with van der Waals surface area (Å²) in [7, 11) is -3.94. The van der Waals surface area contributed by atoms with E-state index in [0.717, 1.165) is 12.5 Å². The van der Waals surface area contributed by atoms with E-state index in [1.54, 1.807) is 0 Å². The van der Waals surface area contributed by atoms with Gasteiger partial charge in [-0.15, -0.1) is 0 Å². The van der Waals surface area contributed by atoms with Crippen molar-refractivity contribution in [1.82, 2.24) is 0 Å². The molecule has 0 spiro atoms. The van der Waals surface area contributed by atoms with Crippen molar-refractivity contribution in [3.63, 3.8) is 0 Å². The number of nitro benzene ring substituents is 1. The number of primary sulfonamides is 1. The minimum absolute atomic E-state index is 0.0986. The van der Waals surface area contributed by atoms with Crippen LogP contribution in [0, 0.1) is 16.0 Å². The Morgan fingerprint density at radius 3 is 2.45 bits per heavy atom. The molecule has 0 aromatic heterocycles. The third kappa shape index (κ3) is 4.84. The Bertz CT molecular complexity index is 601. The summed E-state index contributed by atoms with van der Waals surface area (Å²) in [6.45, 7) is 4.12. The fraction of sp³-hybridized carbons (Fsp3) is 0.500. The van der Waals surface area contributed by atoms with Gasteiger partial charge in [-0.05, 0) is 24.8 Å². The van der Waals surface area contributed by atoms with E-state index in [1.165, 1.54) is 12.1 Å². The molecule has 1 aromatic rings. The molecule has 0 aliphatic carbocycles. The highest BCUT2D eigenvalue weighted by Crippen LogP contribution is 2.27. The molecule has 0 saturated carbocycles. The molecule has 0 aliphatic rings. The van der Waals surface area contributed by atoms with Crippen molar-refractivity contribution < 1.29 is 13.3 Å². The van der Waals surface area contributed by atoms with E-state index in [2.05, 4.69) is 29.8 Å². The van der Waals surface area contributed by atoms with Gasteiger partial charge in [0.15, 0.2) is 0 Å². The number of nitrogens with two attached hydrogens (primary N) is 1. The first-order chi connectivity index (χ1) is 9.11. The first-order valence-corrected chi connectivity index (χ1v) is 8.51. The second-order valence-corrected chi connectivity index (χ2v) is 7.88. The highest BCUT2D eigenvalue weighted by Gasteiger charge is 2.21. The van der Waals surface area contributed by atoms with Crippen LogP contribution < -0.4 is 5.14 Å². The van der Waals surface area contributed by atoms with Gasteiger partial charge in [0, 0.05) is 16.5 Å². The Morgan fingerprint density at radius 2 is 2.00 bits per heavy atom. The van der Waals surface area contributed by atoms with Crippen molar-refractivity contribution in [2.24, 2.45) is 11.1 Å². The van der Waals surface area contributed by atoms with Crippen LogP contribution in [0.15, 0.2) is 23.1 Å². The fourth-order valence-corrected chi connectivity index (χ4v) is 3.53. The number of sulfonamides is 1. The van der Waals surface area contributed by atoms with Crippen LogP contribution in [0.4, 0.5) is 5.69 Å². The third-order valence-electron chi connectivity index (χ3n) is 2.75. The number of nitro groups is 1. The van der Waals surface area contributed by atoms with E-state index < -0.39 is 14.9 Å². The average molecular weight is 365 g/mol. The van der Waals surface area contributed by atoms with Crippen LogP contribution in [0.1, 0.15) is 25.8 Å². The van der Waals surface area contributed by atoms with Gasteiger partial charge >= 0.3 is 0 Å². The van der Waals surface area contributed by atoms with Crippen molar-refractivity contribution >= 4 is 31.6 Å². The van der Waals surface area contributed by atoms with Gasteiger partial charge in [-0.25, -0.2) is 13.6 Å². The number of benzene rings is 1. The Kier molecular flexibility index (Phi) is 5.67. The quantitative estimate of drug-likeness (QED) is 0.475. The standard InChI is InChI=1S/C12H17BrN2O4S/c1-8(2)5-10(13)6-9-3-4-11(20(14,18)19)7-12(9)15(16)17/h3-4,7-8,10H,5-6H2,1-2H3,(H2,14,18,19). The summed E-state index contributed by atoms with van der Waals surface area (Å²) in [4.78, 5) is 10.3. The lowest BCUT2D eigenvalue weighted by molar-refractivity contribution is -0.385. The number of nitrogens with zero attached hydrogens (tertiary/aromatic N) is 1. The van der Waals surface area contributed by atoms with E-state index >= 15 is 0 Å². The minimum atomic E-state index is -3.94. The molecule has 112 valence electrons. The topological polar surface area (TPSA) is 103 Å². The number of alkyl halides is 1. The molecule has 1 aromatic carbocycles. The highest BCUT2D eigenvalue weighted by molar-refractivity contribution is 9.09. The predicted octanol–water partition coefficient (Wildman–Crippen LogP) is 2.59. The van der Waals surface area contributed by atoms with Gasteiger partial charge in [0.1, 0.15) is 0 Å². The van der Waals surface area contributed by atoms with Crippen LogP contribution in [0.5, 0.6) is 0 Å². The maximum atomic E-state index is 11.2. The van der Waals surface area contributed by atoms with Crippen LogP contribution in [-0.2, 0) is 16.4 Å². The maximum absolute atomic E-state index is 11.2. The molecule has 0 amide bonds. The van der Waals surface area contributed by atoms with Crippen molar-refractivity contribution in [3.05, 3.63) is 33.9 Å². The molecule has 0 bridgehead atoms. The lowest BCUT2D eigenvalue weighted by Crippen LogP contribution is -2.13. The zero-order valence-corrected chi connectivity index (χ0v) is 13.6. The molecule has 1 atom stereocenters. The summed E-state index contributed by atoms with van der Waals surface area (Å²) in [5.74, 6) is 0.460. The molecule has 1 rings (SSSR count). The van der Waals surface area contributed by atoms with Gasteiger partial charge in [0.25, 0.3) is 5.69 Å². The summed E-state index contributed by atoms with van der Waals surface area (Å²) in [6.07, 6.45) is 1.33. The molecule has 0 fully saturated rings. The van der Waals surface area contributed by atoms with Gasteiger partial charge in [-0.3, -0.25) is 10.1 Å².